The number of carboxylic acid groups (broad SMARTS) is 1. The maximum absolute atomic E-state index is 11.0. The molecule has 1 aliphatic rings. The molecular formula is C27H31N3O2SU. The molecule has 176 valence electrons. The Balaban J connectivity index is 0.000000373. The van der Waals surface area contributed by atoms with E-state index in [-0.39, 0.29) is 36.7 Å². The second-order valence-corrected chi connectivity index (χ2v) is 8.22. The molecule has 1 fully saturated rings. The van der Waals surface area contributed by atoms with Crippen molar-refractivity contribution in [2.24, 2.45) is 0 Å². The van der Waals surface area contributed by atoms with Crippen LogP contribution < -0.4 is 10.0 Å². The molecule has 7 heteroatoms. The average Bonchev–Trinajstić information content (AvgIpc) is 2.80. The molecule has 0 unspecified atom stereocenters. The van der Waals surface area contributed by atoms with E-state index in [1.807, 2.05) is 36.5 Å². The summed E-state index contributed by atoms with van der Waals surface area (Å²) in [6.45, 7) is 4.38. The van der Waals surface area contributed by atoms with Crippen molar-refractivity contribution in [3.63, 3.8) is 0 Å². The Morgan fingerprint density at radius 1 is 1.15 bits per heavy atom. The third-order valence-corrected chi connectivity index (χ3v) is 5.02. The van der Waals surface area contributed by atoms with E-state index in [1.54, 1.807) is 31.4 Å². The number of anilines is 1. The van der Waals surface area contributed by atoms with Gasteiger partial charge in [-0.15, -0.1) is 0 Å². The van der Waals surface area contributed by atoms with Crippen molar-refractivity contribution in [1.29, 1.82) is 0 Å². The molecule has 0 aliphatic heterocycles. The molecule has 1 aliphatic carbocycles. The van der Waals surface area contributed by atoms with Gasteiger partial charge in [-0.25, -0.2) is 4.79 Å². The molecule has 0 atom stereocenters. The quantitative estimate of drug-likeness (QED) is 0.218. The summed E-state index contributed by atoms with van der Waals surface area (Å²) in [7, 11) is 1.69. The fraction of sp³-hybridized carbons (Fsp3) is 0.259. The van der Waals surface area contributed by atoms with Gasteiger partial charge in [0.2, 0.25) is 0 Å². The molecule has 0 radical (unpaired) electrons. The third kappa shape index (κ3) is 10.5. The standard InChI is InChI=1S/C17H16N2O2.C9H11.CH4NS.U/c20-17(21)14-6-2-5-13(9-14)16-8-7-15(11-19-16)18-10-12-3-1-4-12;1-8(2)9-6-4-3-5-7-9;1-2-3;/h2,5-11,18H,1,3-4H2,(H,20,21);4-8H,1-2H3;2H,1H3;/q;2*-1;+2. The molecule has 0 bridgehead atoms. The zero-order chi connectivity index (χ0) is 24.1. The molecule has 3 aromatic rings. The number of allylic oxidation sites excluding steroid dienone is 1. The summed E-state index contributed by atoms with van der Waals surface area (Å²) in [5.74, 6) is -0.290. The second-order valence-electron chi connectivity index (χ2n) is 7.81. The minimum absolute atomic E-state index is 0. The monoisotopic (exact) mass is 699 g/mol. The van der Waals surface area contributed by atoms with Gasteiger partial charge in [-0.2, -0.15) is 35.9 Å². The Kier molecular flexibility index (Phi) is 14.6. The molecule has 1 heterocycles. The van der Waals surface area contributed by atoms with E-state index in [2.05, 4.69) is 59.9 Å². The van der Waals surface area contributed by atoms with E-state index in [0.717, 1.165) is 16.9 Å². The minimum atomic E-state index is -0.928. The molecule has 0 saturated heterocycles. The average molecular weight is 700 g/mol. The normalized spacial score (nSPS) is 11.5. The Morgan fingerprint density at radius 2 is 1.82 bits per heavy atom. The van der Waals surface area contributed by atoms with Gasteiger partial charge in [0.25, 0.3) is 0 Å². The summed E-state index contributed by atoms with van der Waals surface area (Å²) in [5.41, 5.74) is 5.60. The van der Waals surface area contributed by atoms with Crippen LogP contribution in [0.25, 0.3) is 11.3 Å². The number of carboxylic acids is 1. The second kappa shape index (κ2) is 16.6. The minimum Gasteiger partial charge on any atom is -0.706 e. The number of aromatic nitrogens is 1. The smallest absolute Gasteiger partial charge is 0.706 e. The first kappa shape index (κ1) is 30.0. The summed E-state index contributed by atoms with van der Waals surface area (Å²) in [5, 5.41) is 12.3. The van der Waals surface area contributed by atoms with E-state index in [4.69, 9.17) is 5.11 Å². The first-order chi connectivity index (χ1) is 15.9. The van der Waals surface area contributed by atoms with E-state index in [1.165, 1.54) is 30.4 Å². The fourth-order valence-corrected chi connectivity index (χ4v) is 2.96. The molecule has 0 spiro atoms. The summed E-state index contributed by atoms with van der Waals surface area (Å²) in [4.78, 5) is 15.4. The van der Waals surface area contributed by atoms with Crippen LogP contribution in [0.3, 0.4) is 0 Å². The number of pyridine rings is 1. The van der Waals surface area contributed by atoms with Gasteiger partial charge in [0.15, 0.2) is 0 Å². The number of hydrogen-bond acceptors (Lipinski definition) is 5. The molecule has 1 saturated carbocycles. The van der Waals surface area contributed by atoms with Gasteiger partial charge in [0.05, 0.1) is 23.1 Å². The first-order valence-electron chi connectivity index (χ1n) is 10.9. The Labute approximate surface area is 232 Å². The Morgan fingerprint density at radius 3 is 2.29 bits per heavy atom. The molecule has 1 aromatic heterocycles. The van der Waals surface area contributed by atoms with Crippen LogP contribution in [-0.4, -0.2) is 23.1 Å². The van der Waals surface area contributed by atoms with Gasteiger partial charge in [-0.1, -0.05) is 31.6 Å². The number of nitrogens with one attached hydrogen (secondary N) is 2. The Bertz CT molecular complexity index is 1020. The number of nitrogens with zero attached hydrogens (tertiary/aromatic N) is 1. The van der Waals surface area contributed by atoms with Crippen LogP contribution in [0.1, 0.15) is 54.9 Å². The van der Waals surface area contributed by atoms with E-state index < -0.39 is 5.97 Å². The van der Waals surface area contributed by atoms with Crippen LogP contribution in [0.5, 0.6) is 0 Å². The number of carbonyl (C=O) groups is 1. The molecule has 4 rings (SSSR count). The van der Waals surface area contributed by atoms with Gasteiger partial charge in [0.1, 0.15) is 0 Å². The molecule has 34 heavy (non-hydrogen) atoms. The zero-order valence-electron chi connectivity index (χ0n) is 19.8. The van der Waals surface area contributed by atoms with Crippen molar-refractivity contribution < 1.29 is 41.0 Å². The topological polar surface area (TPSA) is 74.2 Å². The van der Waals surface area contributed by atoms with Gasteiger partial charge in [-0.3, -0.25) is 4.98 Å². The number of rotatable bonds is 5. The number of hydrogen-bond donors (Lipinski definition) is 3. The van der Waals surface area contributed by atoms with Crippen molar-refractivity contribution in [3.8, 4) is 11.3 Å². The summed E-state index contributed by atoms with van der Waals surface area (Å²) in [6, 6.07) is 21.7. The summed E-state index contributed by atoms with van der Waals surface area (Å²) in [6.07, 6.45) is 7.45. The Hall–Kier alpha value is -2.04. The van der Waals surface area contributed by atoms with Gasteiger partial charge in [0, 0.05) is 11.8 Å². The van der Waals surface area contributed by atoms with Gasteiger partial charge >= 0.3 is 37.1 Å². The van der Waals surface area contributed by atoms with E-state index in [0.29, 0.717) is 5.92 Å². The fourth-order valence-electron chi connectivity index (χ4n) is 2.96. The predicted octanol–water partition coefficient (Wildman–Crippen LogP) is 6.20. The largest absolute Gasteiger partial charge is 2.00 e. The van der Waals surface area contributed by atoms with Gasteiger partial charge < -0.3 is 28.0 Å². The van der Waals surface area contributed by atoms with Crippen LogP contribution in [0.4, 0.5) is 5.69 Å². The molecule has 2 aromatic carbocycles. The summed E-state index contributed by atoms with van der Waals surface area (Å²) < 4.78 is 2.33. The number of aromatic carboxylic acids is 1. The number of benzene rings is 2. The molecule has 5 nitrogen and oxygen atoms in total. The third-order valence-electron chi connectivity index (χ3n) is 5.02. The van der Waals surface area contributed by atoms with Crippen molar-refractivity contribution in [2.45, 2.75) is 39.0 Å². The van der Waals surface area contributed by atoms with E-state index >= 15 is 0 Å². The van der Waals surface area contributed by atoms with Crippen molar-refractivity contribution in [2.75, 3.05) is 12.4 Å². The van der Waals surface area contributed by atoms with Crippen molar-refractivity contribution in [1.82, 2.24) is 9.71 Å². The van der Waals surface area contributed by atoms with Crippen LogP contribution in [-0.2, 0) is 12.8 Å². The van der Waals surface area contributed by atoms with Crippen molar-refractivity contribution >= 4 is 24.5 Å². The maximum atomic E-state index is 11.0. The molecule has 3 N–H and O–H groups in total. The SMILES string of the molecule is CC(C)c1cc[c-]cc1.CN[S-].O=C(O)c1cccc(-c2ccc(NC=C3CCC3)cn2)c1.[U+2]. The first-order valence-corrected chi connectivity index (χ1v) is 11.3. The van der Waals surface area contributed by atoms with Crippen LogP contribution in [0.15, 0.2) is 78.6 Å². The van der Waals surface area contributed by atoms with E-state index in [9.17, 15) is 4.79 Å². The maximum Gasteiger partial charge on any atom is 2.00 e. The zero-order valence-corrected chi connectivity index (χ0v) is 24.8. The molecule has 0 amide bonds. The van der Waals surface area contributed by atoms with Crippen LogP contribution >= 0.6 is 0 Å². The van der Waals surface area contributed by atoms with Crippen LogP contribution in [0, 0.1) is 37.2 Å². The van der Waals surface area contributed by atoms with Crippen LogP contribution in [0.2, 0.25) is 0 Å². The molecular weight excluding hydrogens is 668 g/mol. The summed E-state index contributed by atoms with van der Waals surface area (Å²) >= 11 is 4.14. The predicted molar refractivity (Wildman–Crippen MR) is 138 cm³/mol. The van der Waals surface area contributed by atoms with Crippen molar-refractivity contribution in [3.05, 3.63) is 95.8 Å². The van der Waals surface area contributed by atoms with Gasteiger partial charge in [-0.05, 0) is 56.5 Å².